The highest BCUT2D eigenvalue weighted by atomic mass is 19.1. The summed E-state index contributed by atoms with van der Waals surface area (Å²) in [6.07, 6.45) is 0. The van der Waals surface area contributed by atoms with Gasteiger partial charge in [0.2, 0.25) is 5.75 Å². The Hall–Kier alpha value is -2.47. The minimum absolute atomic E-state index is 0.0155. The van der Waals surface area contributed by atoms with Crippen molar-refractivity contribution in [2.45, 2.75) is 13.0 Å². The van der Waals surface area contributed by atoms with E-state index in [0.717, 1.165) is 17.7 Å². The van der Waals surface area contributed by atoms with E-state index in [9.17, 15) is 14.5 Å². The van der Waals surface area contributed by atoms with Crippen molar-refractivity contribution in [3.8, 4) is 11.5 Å². The van der Waals surface area contributed by atoms with E-state index in [2.05, 4.69) is 0 Å². The fourth-order valence-electron chi connectivity index (χ4n) is 1.71. The van der Waals surface area contributed by atoms with Gasteiger partial charge in [0.15, 0.2) is 0 Å². The molecule has 1 unspecified atom stereocenters. The monoisotopic (exact) mass is 276 g/mol. The minimum atomic E-state index is -0.687. The highest BCUT2D eigenvalue weighted by Crippen LogP contribution is 2.32. The van der Waals surface area contributed by atoms with E-state index in [0.29, 0.717) is 5.75 Å². The summed E-state index contributed by atoms with van der Waals surface area (Å²) < 4.78 is 18.5. The van der Waals surface area contributed by atoms with Crippen molar-refractivity contribution in [3.05, 3.63) is 64.0 Å². The molecule has 0 aliphatic rings. The number of rotatable bonds is 4. The van der Waals surface area contributed by atoms with Crippen LogP contribution in [0, 0.1) is 15.9 Å². The Morgan fingerprint density at radius 2 is 2.05 bits per heavy atom. The summed E-state index contributed by atoms with van der Waals surface area (Å²) in [5.41, 5.74) is 6.18. The first-order valence-corrected chi connectivity index (χ1v) is 5.94. The average molecular weight is 276 g/mol. The lowest BCUT2D eigenvalue weighted by Gasteiger charge is -2.10. The zero-order valence-corrected chi connectivity index (χ0v) is 10.7. The van der Waals surface area contributed by atoms with Crippen LogP contribution in [0.3, 0.4) is 0 Å². The summed E-state index contributed by atoms with van der Waals surface area (Å²) in [6, 6.07) is 9.90. The Morgan fingerprint density at radius 1 is 1.30 bits per heavy atom. The van der Waals surface area contributed by atoms with Gasteiger partial charge in [-0.3, -0.25) is 10.1 Å². The third-order valence-corrected chi connectivity index (χ3v) is 2.73. The van der Waals surface area contributed by atoms with E-state index in [1.54, 1.807) is 18.2 Å². The largest absolute Gasteiger partial charge is 0.450 e. The normalized spacial score (nSPS) is 11.9. The molecule has 0 bridgehead atoms. The maximum absolute atomic E-state index is 13.0. The van der Waals surface area contributed by atoms with Crippen molar-refractivity contribution >= 4 is 5.69 Å². The molecule has 6 heteroatoms. The van der Waals surface area contributed by atoms with Gasteiger partial charge < -0.3 is 10.5 Å². The highest BCUT2D eigenvalue weighted by molar-refractivity contribution is 5.48. The lowest BCUT2D eigenvalue weighted by atomic mass is 10.1. The topological polar surface area (TPSA) is 78.4 Å². The molecule has 0 amide bonds. The zero-order valence-electron chi connectivity index (χ0n) is 10.7. The Morgan fingerprint density at radius 3 is 2.70 bits per heavy atom. The number of halogens is 1. The predicted octanol–water partition coefficient (Wildman–Crippen LogP) is 3.55. The molecule has 2 aromatic rings. The number of nitro benzene ring substituents is 1. The number of benzene rings is 2. The molecule has 0 radical (unpaired) electrons. The number of nitro groups is 1. The second kappa shape index (κ2) is 5.66. The molecule has 0 aliphatic carbocycles. The van der Waals surface area contributed by atoms with Gasteiger partial charge in [-0.05, 0) is 36.8 Å². The fourth-order valence-corrected chi connectivity index (χ4v) is 1.71. The molecule has 2 rings (SSSR count). The summed E-state index contributed by atoms with van der Waals surface area (Å²) in [7, 11) is 0. The van der Waals surface area contributed by atoms with E-state index in [4.69, 9.17) is 10.5 Å². The average Bonchev–Trinajstić information content (AvgIpc) is 2.41. The van der Waals surface area contributed by atoms with Gasteiger partial charge in [0.05, 0.1) is 11.0 Å². The molecular formula is C14H13FN2O3. The maximum atomic E-state index is 13.0. The van der Waals surface area contributed by atoms with Crippen molar-refractivity contribution in [2.24, 2.45) is 5.73 Å². The highest BCUT2D eigenvalue weighted by Gasteiger charge is 2.17. The van der Waals surface area contributed by atoms with Gasteiger partial charge in [-0.15, -0.1) is 0 Å². The van der Waals surface area contributed by atoms with Gasteiger partial charge in [-0.25, -0.2) is 4.39 Å². The Bertz CT molecular complexity index is 644. The molecule has 0 aliphatic heterocycles. The van der Waals surface area contributed by atoms with Crippen LogP contribution in [0.2, 0.25) is 0 Å². The van der Waals surface area contributed by atoms with Crippen molar-refractivity contribution in [1.82, 2.24) is 0 Å². The number of nitrogens with zero attached hydrogens (tertiary/aromatic N) is 1. The van der Waals surface area contributed by atoms with Gasteiger partial charge in [-0.2, -0.15) is 0 Å². The van der Waals surface area contributed by atoms with Crippen molar-refractivity contribution in [2.75, 3.05) is 0 Å². The van der Waals surface area contributed by atoms with Gasteiger partial charge >= 0.3 is 5.69 Å². The Labute approximate surface area is 114 Å². The standard InChI is InChI=1S/C14H13FN2O3/c1-9(16)10-3-2-4-12(7-10)20-14-6-5-11(15)8-13(14)17(18)19/h2-9H,16H2,1H3. The molecule has 2 N–H and O–H groups in total. The first kappa shape index (κ1) is 14.0. The van der Waals surface area contributed by atoms with Gasteiger partial charge in [0.25, 0.3) is 0 Å². The molecule has 2 aromatic carbocycles. The SMILES string of the molecule is CC(N)c1cccc(Oc2ccc(F)cc2[N+](=O)[O-])c1. The number of hydrogen-bond acceptors (Lipinski definition) is 4. The van der Waals surface area contributed by atoms with Crippen molar-refractivity contribution < 1.29 is 14.1 Å². The van der Waals surface area contributed by atoms with E-state index < -0.39 is 16.4 Å². The van der Waals surface area contributed by atoms with Gasteiger partial charge in [-0.1, -0.05) is 12.1 Å². The predicted molar refractivity (Wildman–Crippen MR) is 72.2 cm³/mol. The van der Waals surface area contributed by atoms with Crippen molar-refractivity contribution in [1.29, 1.82) is 0 Å². The summed E-state index contributed by atoms with van der Waals surface area (Å²) in [5, 5.41) is 10.9. The lowest BCUT2D eigenvalue weighted by Crippen LogP contribution is -2.04. The van der Waals surface area contributed by atoms with Crippen LogP contribution in [0.4, 0.5) is 10.1 Å². The van der Waals surface area contributed by atoms with E-state index in [1.807, 2.05) is 13.0 Å². The van der Waals surface area contributed by atoms with E-state index in [1.165, 1.54) is 6.07 Å². The molecule has 104 valence electrons. The summed E-state index contributed by atoms with van der Waals surface area (Å²) in [5.74, 6) is -0.291. The summed E-state index contributed by atoms with van der Waals surface area (Å²) in [6.45, 7) is 1.82. The van der Waals surface area contributed by atoms with Crippen LogP contribution in [0.25, 0.3) is 0 Å². The van der Waals surface area contributed by atoms with Crippen molar-refractivity contribution in [3.63, 3.8) is 0 Å². The molecule has 0 saturated heterocycles. The molecule has 20 heavy (non-hydrogen) atoms. The summed E-state index contributed by atoms with van der Waals surface area (Å²) >= 11 is 0. The van der Waals surface area contributed by atoms with Crippen LogP contribution >= 0.6 is 0 Å². The number of ether oxygens (including phenoxy) is 1. The smallest absolute Gasteiger partial charge is 0.314 e. The molecule has 0 aromatic heterocycles. The van der Waals surface area contributed by atoms with Crippen LogP contribution in [0.15, 0.2) is 42.5 Å². The molecule has 0 fully saturated rings. The molecule has 1 atom stereocenters. The Kier molecular flexibility index (Phi) is 3.95. The molecule has 0 heterocycles. The summed E-state index contributed by atoms with van der Waals surface area (Å²) in [4.78, 5) is 10.2. The Balaban J connectivity index is 2.35. The molecule has 0 spiro atoms. The van der Waals surface area contributed by atoms with Gasteiger partial charge in [0.1, 0.15) is 11.6 Å². The number of nitrogens with two attached hydrogens (primary N) is 1. The quantitative estimate of drug-likeness (QED) is 0.684. The molecule has 5 nitrogen and oxygen atoms in total. The third-order valence-electron chi connectivity index (χ3n) is 2.73. The minimum Gasteiger partial charge on any atom is -0.450 e. The van der Waals surface area contributed by atoms with Crippen LogP contribution in [-0.2, 0) is 0 Å². The first-order valence-electron chi connectivity index (χ1n) is 5.94. The zero-order chi connectivity index (χ0) is 14.7. The number of hydrogen-bond donors (Lipinski definition) is 1. The molecule has 0 saturated carbocycles. The van der Waals surface area contributed by atoms with Crippen LogP contribution in [-0.4, -0.2) is 4.92 Å². The third kappa shape index (κ3) is 3.10. The van der Waals surface area contributed by atoms with E-state index >= 15 is 0 Å². The van der Waals surface area contributed by atoms with Crippen LogP contribution in [0.5, 0.6) is 11.5 Å². The fraction of sp³-hybridized carbons (Fsp3) is 0.143. The van der Waals surface area contributed by atoms with E-state index in [-0.39, 0.29) is 11.8 Å². The van der Waals surface area contributed by atoms with Gasteiger partial charge in [0, 0.05) is 6.04 Å². The van der Waals surface area contributed by atoms with Crippen LogP contribution in [0.1, 0.15) is 18.5 Å². The second-order valence-corrected chi connectivity index (χ2v) is 4.33. The molecular weight excluding hydrogens is 263 g/mol. The second-order valence-electron chi connectivity index (χ2n) is 4.33. The first-order chi connectivity index (χ1) is 9.47. The maximum Gasteiger partial charge on any atom is 0.314 e. The van der Waals surface area contributed by atoms with Crippen LogP contribution < -0.4 is 10.5 Å². The lowest BCUT2D eigenvalue weighted by molar-refractivity contribution is -0.385.